The second-order valence-electron chi connectivity index (χ2n) is 6.36. The molecule has 0 aliphatic heterocycles. The lowest BCUT2D eigenvalue weighted by atomic mass is 9.93. The molecule has 4 nitrogen and oxygen atoms in total. The Morgan fingerprint density at radius 2 is 1.68 bits per heavy atom. The number of nitrogens with zero attached hydrogens (tertiary/aromatic N) is 1. The lowest BCUT2D eigenvalue weighted by Gasteiger charge is -2.16. The first-order valence-corrected chi connectivity index (χ1v) is 9.68. The van der Waals surface area contributed by atoms with E-state index in [1.807, 2.05) is 53.9 Å². The third-order valence-corrected chi connectivity index (χ3v) is 5.68. The summed E-state index contributed by atoms with van der Waals surface area (Å²) in [6, 6.07) is 18.5. The van der Waals surface area contributed by atoms with Gasteiger partial charge < -0.3 is 14.9 Å². The number of phenolic OH excluding ortho intramolecular Hbond substituents is 1. The summed E-state index contributed by atoms with van der Waals surface area (Å²) >= 11 is 1.58. The minimum absolute atomic E-state index is 0.212. The Labute approximate surface area is 167 Å². The van der Waals surface area contributed by atoms with Crippen molar-refractivity contribution in [1.29, 1.82) is 0 Å². The number of hydrogen-bond acceptors (Lipinski definition) is 5. The number of aliphatic hydroxyl groups is 1. The van der Waals surface area contributed by atoms with Gasteiger partial charge in [0.05, 0.1) is 7.11 Å². The summed E-state index contributed by atoms with van der Waals surface area (Å²) in [5.74, 6) is 0.997. The molecule has 28 heavy (non-hydrogen) atoms. The maximum atomic E-state index is 11.2. The van der Waals surface area contributed by atoms with Gasteiger partial charge >= 0.3 is 0 Å². The molecule has 0 aliphatic carbocycles. The van der Waals surface area contributed by atoms with E-state index in [0.29, 0.717) is 0 Å². The van der Waals surface area contributed by atoms with Gasteiger partial charge in [0.25, 0.3) is 0 Å². The molecule has 2 N–H and O–H groups in total. The van der Waals surface area contributed by atoms with E-state index >= 15 is 0 Å². The average Bonchev–Trinajstić information content (AvgIpc) is 3.19. The second-order valence-corrected chi connectivity index (χ2v) is 7.24. The smallest absolute Gasteiger partial charge is 0.118 e. The van der Waals surface area contributed by atoms with Gasteiger partial charge in [-0.15, -0.1) is 11.3 Å². The van der Waals surface area contributed by atoms with Crippen molar-refractivity contribution in [3.05, 3.63) is 89.6 Å². The Hall–Kier alpha value is -3.15. The molecule has 5 heteroatoms. The molecule has 0 saturated carbocycles. The van der Waals surface area contributed by atoms with Crippen LogP contribution in [0.4, 0.5) is 0 Å². The Kier molecular flexibility index (Phi) is 5.10. The number of pyridine rings is 1. The molecule has 4 rings (SSSR count). The Morgan fingerprint density at radius 3 is 2.32 bits per heavy atom. The normalized spacial score (nSPS) is 11.9. The molecule has 0 fully saturated rings. The van der Waals surface area contributed by atoms with Crippen LogP contribution in [0.3, 0.4) is 0 Å². The monoisotopic (exact) mass is 389 g/mol. The number of phenols is 1. The van der Waals surface area contributed by atoms with Crippen LogP contribution in [0.15, 0.2) is 78.4 Å². The predicted molar refractivity (Wildman–Crippen MR) is 112 cm³/mol. The van der Waals surface area contributed by atoms with Crippen LogP contribution in [0, 0.1) is 0 Å². The van der Waals surface area contributed by atoms with Crippen LogP contribution in [0.1, 0.15) is 17.2 Å². The van der Waals surface area contributed by atoms with Gasteiger partial charge in [0, 0.05) is 28.4 Å². The lowest BCUT2D eigenvalue weighted by Crippen LogP contribution is -2.02. The number of rotatable bonds is 5. The molecule has 0 aliphatic rings. The van der Waals surface area contributed by atoms with E-state index < -0.39 is 6.10 Å². The van der Waals surface area contributed by atoms with E-state index in [1.54, 1.807) is 43.0 Å². The Bertz CT molecular complexity index is 1060. The Balaban J connectivity index is 1.87. The van der Waals surface area contributed by atoms with Gasteiger partial charge in [0.15, 0.2) is 0 Å². The summed E-state index contributed by atoms with van der Waals surface area (Å²) in [6.45, 7) is 0. The van der Waals surface area contributed by atoms with Gasteiger partial charge in [0.2, 0.25) is 0 Å². The zero-order valence-electron chi connectivity index (χ0n) is 15.2. The molecule has 1 atom stereocenters. The van der Waals surface area contributed by atoms with E-state index in [0.717, 1.165) is 38.4 Å². The van der Waals surface area contributed by atoms with Crippen LogP contribution in [0.2, 0.25) is 0 Å². The van der Waals surface area contributed by atoms with Crippen molar-refractivity contribution in [1.82, 2.24) is 4.98 Å². The molecule has 2 aromatic heterocycles. The number of aliphatic hydroxyl groups excluding tert-OH is 1. The maximum Gasteiger partial charge on any atom is 0.118 e. The van der Waals surface area contributed by atoms with Crippen LogP contribution in [0.25, 0.3) is 21.6 Å². The minimum atomic E-state index is -0.819. The topological polar surface area (TPSA) is 62.6 Å². The van der Waals surface area contributed by atoms with Crippen molar-refractivity contribution in [3.8, 4) is 33.1 Å². The van der Waals surface area contributed by atoms with Gasteiger partial charge in [-0.2, -0.15) is 0 Å². The Morgan fingerprint density at radius 1 is 0.964 bits per heavy atom. The zero-order valence-corrected chi connectivity index (χ0v) is 16.1. The summed E-state index contributed by atoms with van der Waals surface area (Å²) in [6.07, 6.45) is 2.55. The molecule has 140 valence electrons. The van der Waals surface area contributed by atoms with E-state index in [4.69, 9.17) is 4.74 Å². The van der Waals surface area contributed by atoms with E-state index in [1.165, 1.54) is 0 Å². The molecule has 0 saturated heterocycles. The highest BCUT2D eigenvalue weighted by Gasteiger charge is 2.23. The lowest BCUT2D eigenvalue weighted by molar-refractivity contribution is 0.221. The first-order chi connectivity index (χ1) is 13.7. The van der Waals surface area contributed by atoms with Crippen LogP contribution >= 0.6 is 11.3 Å². The minimum Gasteiger partial charge on any atom is -0.508 e. The number of benzene rings is 2. The van der Waals surface area contributed by atoms with Gasteiger partial charge in [-0.3, -0.25) is 4.98 Å². The number of thiophene rings is 1. The van der Waals surface area contributed by atoms with Gasteiger partial charge in [-0.1, -0.05) is 18.2 Å². The molecule has 2 heterocycles. The largest absolute Gasteiger partial charge is 0.508 e. The second kappa shape index (κ2) is 7.84. The number of ether oxygens (including phenoxy) is 1. The molecule has 1 unspecified atom stereocenters. The first-order valence-electron chi connectivity index (χ1n) is 8.80. The molecule has 0 amide bonds. The van der Waals surface area contributed by atoms with Crippen molar-refractivity contribution >= 4 is 11.3 Å². The summed E-state index contributed by atoms with van der Waals surface area (Å²) in [5.41, 5.74) is 4.44. The number of methoxy groups -OCH3 is 1. The summed E-state index contributed by atoms with van der Waals surface area (Å²) in [4.78, 5) is 5.14. The quantitative estimate of drug-likeness (QED) is 0.488. The molecule has 0 spiro atoms. The highest BCUT2D eigenvalue weighted by Crippen LogP contribution is 2.44. The molecule has 0 radical (unpaired) electrons. The summed E-state index contributed by atoms with van der Waals surface area (Å²) in [5, 5.41) is 22.9. The van der Waals surface area contributed by atoms with Crippen LogP contribution < -0.4 is 4.74 Å². The van der Waals surface area contributed by atoms with Gasteiger partial charge in [-0.25, -0.2) is 0 Å². The fourth-order valence-electron chi connectivity index (χ4n) is 3.17. The van der Waals surface area contributed by atoms with Crippen molar-refractivity contribution < 1.29 is 14.9 Å². The predicted octanol–water partition coefficient (Wildman–Crippen LogP) is 5.27. The molecular formula is C23H19NO3S. The van der Waals surface area contributed by atoms with E-state index in [2.05, 4.69) is 4.98 Å². The summed E-state index contributed by atoms with van der Waals surface area (Å²) in [7, 11) is 1.64. The number of hydrogen-bond donors (Lipinski definition) is 2. The zero-order chi connectivity index (χ0) is 19.5. The van der Waals surface area contributed by atoms with E-state index in [9.17, 15) is 10.2 Å². The summed E-state index contributed by atoms with van der Waals surface area (Å²) < 4.78 is 5.26. The fraction of sp³-hybridized carbons (Fsp3) is 0.0870. The van der Waals surface area contributed by atoms with Crippen molar-refractivity contribution in [2.45, 2.75) is 6.10 Å². The number of aromatic nitrogens is 1. The van der Waals surface area contributed by atoms with Crippen molar-refractivity contribution in [2.24, 2.45) is 0 Å². The molecule has 0 bridgehead atoms. The molecule has 4 aromatic rings. The molecular weight excluding hydrogens is 370 g/mol. The fourth-order valence-corrected chi connectivity index (χ4v) is 4.29. The van der Waals surface area contributed by atoms with Crippen LogP contribution in [-0.4, -0.2) is 22.3 Å². The van der Waals surface area contributed by atoms with Crippen LogP contribution in [-0.2, 0) is 0 Å². The maximum absolute atomic E-state index is 11.2. The van der Waals surface area contributed by atoms with Crippen LogP contribution in [0.5, 0.6) is 11.5 Å². The first kappa shape index (κ1) is 18.2. The SMILES string of the molecule is COc1ccc(-c2scc(-c3ccc(O)cc3)c2C(O)c2cccnc2)cc1. The average molecular weight is 389 g/mol. The third-order valence-electron chi connectivity index (χ3n) is 4.63. The van der Waals surface area contributed by atoms with E-state index in [-0.39, 0.29) is 5.75 Å². The number of aromatic hydroxyl groups is 1. The molecule has 2 aromatic carbocycles. The van der Waals surface area contributed by atoms with Crippen molar-refractivity contribution in [2.75, 3.05) is 7.11 Å². The third kappa shape index (κ3) is 3.50. The standard InChI is InChI=1S/C23H19NO3S/c1-27-19-10-6-16(7-11-19)23-21(22(26)17-3-2-12-24-13-17)20(14-28-23)15-4-8-18(25)9-5-15/h2-14,22,25-26H,1H3. The highest BCUT2D eigenvalue weighted by molar-refractivity contribution is 7.14. The van der Waals surface area contributed by atoms with Crippen molar-refractivity contribution in [3.63, 3.8) is 0 Å². The highest BCUT2D eigenvalue weighted by atomic mass is 32.1. The van der Waals surface area contributed by atoms with Gasteiger partial charge in [-0.05, 0) is 64.5 Å². The van der Waals surface area contributed by atoms with Gasteiger partial charge in [0.1, 0.15) is 17.6 Å².